The summed E-state index contributed by atoms with van der Waals surface area (Å²) in [6.07, 6.45) is 1.54. The van der Waals surface area contributed by atoms with Gasteiger partial charge in [0.25, 0.3) is 11.1 Å². The first-order valence-corrected chi connectivity index (χ1v) is 8.91. The predicted octanol–water partition coefficient (Wildman–Crippen LogP) is 4.99. The van der Waals surface area contributed by atoms with Crippen molar-refractivity contribution in [3.8, 4) is 11.7 Å². The third-order valence-corrected chi connectivity index (χ3v) is 4.75. The van der Waals surface area contributed by atoms with Crippen LogP contribution in [0.2, 0.25) is 0 Å². The SMILES string of the molecule is CC(Sc1nnc(-c2ccco2)o1)C(=O)c1ccc(C(C)(C)C)cc1. The molecule has 3 rings (SSSR count). The molecule has 5 nitrogen and oxygen atoms in total. The van der Waals surface area contributed by atoms with E-state index in [1.54, 1.807) is 18.4 Å². The Bertz CT molecular complexity index is 846. The molecule has 0 aliphatic heterocycles. The van der Waals surface area contributed by atoms with Crippen LogP contribution in [-0.2, 0) is 5.41 Å². The number of hydrogen-bond acceptors (Lipinski definition) is 6. The van der Waals surface area contributed by atoms with Gasteiger partial charge < -0.3 is 8.83 Å². The number of carbonyl (C=O) groups is 1. The highest BCUT2D eigenvalue weighted by molar-refractivity contribution is 8.00. The number of rotatable bonds is 5. The first-order chi connectivity index (χ1) is 11.8. The van der Waals surface area contributed by atoms with Crippen molar-refractivity contribution in [2.45, 2.75) is 43.6 Å². The number of thioether (sulfide) groups is 1. The van der Waals surface area contributed by atoms with Gasteiger partial charge in [-0.1, -0.05) is 56.8 Å². The lowest BCUT2D eigenvalue weighted by Gasteiger charge is -2.19. The highest BCUT2D eigenvalue weighted by Crippen LogP contribution is 2.28. The van der Waals surface area contributed by atoms with Gasteiger partial charge in [-0.15, -0.1) is 10.2 Å². The second-order valence-electron chi connectivity index (χ2n) is 6.80. The number of furan rings is 1. The Balaban J connectivity index is 1.68. The van der Waals surface area contributed by atoms with Gasteiger partial charge in [0.05, 0.1) is 11.5 Å². The van der Waals surface area contributed by atoms with E-state index in [2.05, 4.69) is 31.0 Å². The second kappa shape index (κ2) is 6.88. The summed E-state index contributed by atoms with van der Waals surface area (Å²) < 4.78 is 10.8. The van der Waals surface area contributed by atoms with Gasteiger partial charge in [-0.3, -0.25) is 4.79 Å². The maximum atomic E-state index is 12.6. The summed E-state index contributed by atoms with van der Waals surface area (Å²) in [6, 6.07) is 11.3. The molecule has 1 aromatic carbocycles. The van der Waals surface area contributed by atoms with Gasteiger partial charge in [0.15, 0.2) is 11.5 Å². The van der Waals surface area contributed by atoms with Crippen LogP contribution in [0.1, 0.15) is 43.6 Å². The summed E-state index contributed by atoms with van der Waals surface area (Å²) in [5, 5.41) is 7.93. The lowest BCUT2D eigenvalue weighted by molar-refractivity contribution is 0.0993. The number of ketones is 1. The molecule has 0 saturated carbocycles. The molecule has 130 valence electrons. The fourth-order valence-corrected chi connectivity index (χ4v) is 3.09. The average molecular weight is 356 g/mol. The standard InChI is InChI=1S/C19H20N2O3S/c1-12(16(22)13-7-9-14(10-8-13)19(2,3)4)25-18-21-20-17(24-18)15-6-5-11-23-15/h5-12H,1-4H3. The van der Waals surface area contributed by atoms with Crippen molar-refractivity contribution < 1.29 is 13.6 Å². The van der Waals surface area contributed by atoms with Crippen LogP contribution < -0.4 is 0 Å². The van der Waals surface area contributed by atoms with Crippen molar-refractivity contribution >= 4 is 17.5 Å². The molecular formula is C19H20N2O3S. The topological polar surface area (TPSA) is 69.1 Å². The Labute approximate surface area is 150 Å². The summed E-state index contributed by atoms with van der Waals surface area (Å²) in [7, 11) is 0. The van der Waals surface area contributed by atoms with E-state index in [0.717, 1.165) is 0 Å². The molecule has 25 heavy (non-hydrogen) atoms. The fourth-order valence-electron chi connectivity index (χ4n) is 2.33. The lowest BCUT2D eigenvalue weighted by Crippen LogP contribution is -2.15. The molecule has 0 amide bonds. The minimum Gasteiger partial charge on any atom is -0.459 e. The second-order valence-corrected chi connectivity index (χ2v) is 8.09. The molecule has 0 spiro atoms. The van der Waals surface area contributed by atoms with Crippen molar-refractivity contribution in [2.75, 3.05) is 0 Å². The van der Waals surface area contributed by atoms with Crippen LogP contribution in [0.5, 0.6) is 0 Å². The minimum absolute atomic E-state index is 0.0307. The monoisotopic (exact) mass is 356 g/mol. The van der Waals surface area contributed by atoms with E-state index in [9.17, 15) is 4.79 Å². The van der Waals surface area contributed by atoms with Crippen molar-refractivity contribution in [3.05, 3.63) is 53.8 Å². The molecule has 0 saturated heterocycles. The molecule has 2 heterocycles. The van der Waals surface area contributed by atoms with Crippen molar-refractivity contribution in [1.29, 1.82) is 0 Å². The number of carbonyl (C=O) groups excluding carboxylic acids is 1. The molecule has 2 aromatic heterocycles. The average Bonchev–Trinajstić information content (AvgIpc) is 3.24. The molecule has 0 bridgehead atoms. The molecule has 6 heteroatoms. The largest absolute Gasteiger partial charge is 0.459 e. The van der Waals surface area contributed by atoms with Gasteiger partial charge in [0.2, 0.25) is 0 Å². The van der Waals surface area contributed by atoms with Crippen LogP contribution in [0.25, 0.3) is 11.7 Å². The first-order valence-electron chi connectivity index (χ1n) is 8.03. The first kappa shape index (κ1) is 17.5. The number of aromatic nitrogens is 2. The molecule has 0 N–H and O–H groups in total. The lowest BCUT2D eigenvalue weighted by atomic mass is 9.86. The van der Waals surface area contributed by atoms with E-state index in [-0.39, 0.29) is 16.4 Å². The van der Waals surface area contributed by atoms with Crippen molar-refractivity contribution in [1.82, 2.24) is 10.2 Å². The van der Waals surface area contributed by atoms with E-state index in [1.165, 1.54) is 17.3 Å². The maximum Gasteiger partial charge on any atom is 0.284 e. The molecule has 0 fully saturated rings. The summed E-state index contributed by atoms with van der Waals surface area (Å²) in [4.78, 5) is 12.6. The van der Waals surface area contributed by atoms with Crippen LogP contribution in [0, 0.1) is 0 Å². The smallest absolute Gasteiger partial charge is 0.284 e. The molecule has 3 aromatic rings. The summed E-state index contributed by atoms with van der Waals surface area (Å²) >= 11 is 1.24. The Morgan fingerprint density at radius 1 is 1.12 bits per heavy atom. The molecule has 0 aliphatic carbocycles. The van der Waals surface area contributed by atoms with Crippen molar-refractivity contribution in [2.24, 2.45) is 0 Å². The zero-order chi connectivity index (χ0) is 18.0. The molecule has 1 unspecified atom stereocenters. The highest BCUT2D eigenvalue weighted by atomic mass is 32.2. The van der Waals surface area contributed by atoms with E-state index >= 15 is 0 Å². The summed E-state index contributed by atoms with van der Waals surface area (Å²) in [5.74, 6) is 0.848. The number of hydrogen-bond donors (Lipinski definition) is 0. The van der Waals surface area contributed by atoms with Crippen LogP contribution >= 0.6 is 11.8 Å². The van der Waals surface area contributed by atoms with Gasteiger partial charge in [-0.25, -0.2) is 0 Å². The van der Waals surface area contributed by atoms with Gasteiger partial charge in [-0.2, -0.15) is 0 Å². The Hall–Kier alpha value is -2.34. The zero-order valence-electron chi connectivity index (χ0n) is 14.6. The molecule has 0 aliphatic rings. The van der Waals surface area contributed by atoms with Crippen LogP contribution in [-0.4, -0.2) is 21.2 Å². The number of Topliss-reactive ketones (excluding diaryl/α,β-unsaturated/α-hetero) is 1. The number of benzene rings is 1. The Morgan fingerprint density at radius 3 is 2.44 bits per heavy atom. The number of nitrogens with zero attached hydrogens (tertiary/aromatic N) is 2. The third kappa shape index (κ3) is 4.02. The van der Waals surface area contributed by atoms with Gasteiger partial charge in [-0.05, 0) is 30.0 Å². The summed E-state index contributed by atoms with van der Waals surface area (Å²) in [5.41, 5.74) is 1.94. The highest BCUT2D eigenvalue weighted by Gasteiger charge is 2.21. The fraction of sp³-hybridized carbons (Fsp3) is 0.316. The normalized spacial score (nSPS) is 13.0. The van der Waals surface area contributed by atoms with Crippen LogP contribution in [0.4, 0.5) is 0 Å². The van der Waals surface area contributed by atoms with Gasteiger partial charge in [0.1, 0.15) is 0 Å². The van der Waals surface area contributed by atoms with E-state index in [1.807, 2.05) is 31.2 Å². The van der Waals surface area contributed by atoms with E-state index in [4.69, 9.17) is 8.83 Å². The molecular weight excluding hydrogens is 336 g/mol. The van der Waals surface area contributed by atoms with Crippen LogP contribution in [0.3, 0.4) is 0 Å². The third-order valence-electron chi connectivity index (χ3n) is 3.82. The van der Waals surface area contributed by atoms with Crippen LogP contribution in [0.15, 0.2) is 56.7 Å². The predicted molar refractivity (Wildman–Crippen MR) is 96.8 cm³/mol. The molecule has 1 atom stereocenters. The van der Waals surface area contributed by atoms with E-state index in [0.29, 0.717) is 22.4 Å². The Kier molecular flexibility index (Phi) is 4.81. The Morgan fingerprint density at radius 2 is 1.84 bits per heavy atom. The van der Waals surface area contributed by atoms with E-state index < -0.39 is 0 Å². The molecule has 0 radical (unpaired) electrons. The summed E-state index contributed by atoms with van der Waals surface area (Å²) in [6.45, 7) is 8.28. The van der Waals surface area contributed by atoms with Gasteiger partial charge >= 0.3 is 0 Å². The quantitative estimate of drug-likeness (QED) is 0.474. The maximum absolute atomic E-state index is 12.6. The van der Waals surface area contributed by atoms with Gasteiger partial charge in [0, 0.05) is 5.56 Å². The minimum atomic E-state index is -0.328. The zero-order valence-corrected chi connectivity index (χ0v) is 15.5. The van der Waals surface area contributed by atoms with Crippen molar-refractivity contribution in [3.63, 3.8) is 0 Å².